The third-order valence-corrected chi connectivity index (χ3v) is 6.04. The number of pyridine rings is 1. The molecule has 0 aromatic carbocycles. The standard InChI is InChI=1S/C20H27F3N2O3/c1-3-14(10-26)18(27)25-11-19(12-25)8-6-15(7-9-19)28-17-13(2)4-5-16(24-17)20(21,22)23/h4-5,14-15,26H,3,6-12H2,1-2H3/t14-/m1/s1. The highest BCUT2D eigenvalue weighted by atomic mass is 19.4. The number of alkyl halides is 3. The van der Waals surface area contributed by atoms with E-state index in [-0.39, 0.29) is 35.8 Å². The Labute approximate surface area is 162 Å². The topological polar surface area (TPSA) is 62.7 Å². The third kappa shape index (κ3) is 4.26. The number of aliphatic hydroxyl groups is 1. The van der Waals surface area contributed by atoms with Crippen LogP contribution in [-0.4, -0.2) is 46.7 Å². The molecule has 0 radical (unpaired) electrons. The molecular formula is C20H27F3N2O3. The molecule has 1 N–H and O–H groups in total. The summed E-state index contributed by atoms with van der Waals surface area (Å²) in [5, 5.41) is 9.29. The molecule has 156 valence electrons. The van der Waals surface area contributed by atoms with E-state index < -0.39 is 11.9 Å². The van der Waals surface area contributed by atoms with E-state index in [1.807, 2.05) is 11.8 Å². The van der Waals surface area contributed by atoms with Gasteiger partial charge in [-0.3, -0.25) is 4.79 Å². The summed E-state index contributed by atoms with van der Waals surface area (Å²) in [6.45, 7) is 4.83. The first-order chi connectivity index (χ1) is 13.2. The summed E-state index contributed by atoms with van der Waals surface area (Å²) in [5.41, 5.74) is -0.272. The zero-order chi connectivity index (χ0) is 20.5. The predicted molar refractivity (Wildman–Crippen MR) is 96.7 cm³/mol. The Morgan fingerprint density at radius 1 is 1.36 bits per heavy atom. The lowest BCUT2D eigenvalue weighted by Gasteiger charge is -2.54. The van der Waals surface area contributed by atoms with E-state index in [9.17, 15) is 23.1 Å². The molecule has 3 rings (SSSR count). The zero-order valence-electron chi connectivity index (χ0n) is 16.3. The van der Waals surface area contributed by atoms with E-state index in [1.54, 1.807) is 6.92 Å². The second-order valence-electron chi connectivity index (χ2n) is 8.12. The lowest BCUT2D eigenvalue weighted by Crippen LogP contribution is -2.61. The smallest absolute Gasteiger partial charge is 0.433 e. The Balaban J connectivity index is 1.54. The molecule has 1 atom stereocenters. The number of rotatable bonds is 5. The van der Waals surface area contributed by atoms with Crippen molar-refractivity contribution in [3.05, 3.63) is 23.4 Å². The van der Waals surface area contributed by atoms with Gasteiger partial charge in [-0.25, -0.2) is 4.98 Å². The molecule has 5 nitrogen and oxygen atoms in total. The Bertz CT molecular complexity index is 703. The fourth-order valence-corrected chi connectivity index (χ4v) is 4.14. The molecule has 1 aromatic rings. The van der Waals surface area contributed by atoms with Crippen LogP contribution < -0.4 is 4.74 Å². The van der Waals surface area contributed by atoms with Gasteiger partial charge in [0.15, 0.2) is 0 Å². The van der Waals surface area contributed by atoms with Crippen molar-refractivity contribution in [2.45, 2.75) is 58.2 Å². The fourth-order valence-electron chi connectivity index (χ4n) is 4.14. The van der Waals surface area contributed by atoms with Crippen LogP contribution in [-0.2, 0) is 11.0 Å². The van der Waals surface area contributed by atoms with Crippen molar-refractivity contribution < 1.29 is 27.8 Å². The van der Waals surface area contributed by atoms with E-state index in [0.29, 0.717) is 25.1 Å². The molecule has 1 aliphatic carbocycles. The molecule has 0 unspecified atom stereocenters. The number of hydrogen-bond donors (Lipinski definition) is 1. The molecule has 1 amide bonds. The largest absolute Gasteiger partial charge is 0.474 e. The maximum atomic E-state index is 12.9. The van der Waals surface area contributed by atoms with Crippen LogP contribution in [0.3, 0.4) is 0 Å². The van der Waals surface area contributed by atoms with Gasteiger partial charge in [0.1, 0.15) is 11.8 Å². The average molecular weight is 400 g/mol. The number of amides is 1. The van der Waals surface area contributed by atoms with E-state index in [4.69, 9.17) is 4.74 Å². The molecule has 1 aliphatic heterocycles. The maximum absolute atomic E-state index is 12.9. The molecule has 28 heavy (non-hydrogen) atoms. The SMILES string of the molecule is CC[C@H](CO)C(=O)N1CC2(CCC(Oc3nc(C(F)(F)F)ccc3C)CC2)C1. The number of halogens is 3. The molecular weight excluding hydrogens is 373 g/mol. The Hall–Kier alpha value is -1.83. The zero-order valence-corrected chi connectivity index (χ0v) is 16.3. The average Bonchev–Trinajstić information content (AvgIpc) is 2.62. The maximum Gasteiger partial charge on any atom is 0.433 e. The van der Waals surface area contributed by atoms with Crippen molar-refractivity contribution in [3.63, 3.8) is 0 Å². The summed E-state index contributed by atoms with van der Waals surface area (Å²) in [5.74, 6) is -0.264. The van der Waals surface area contributed by atoms with E-state index in [0.717, 1.165) is 31.7 Å². The van der Waals surface area contributed by atoms with Crippen molar-refractivity contribution in [1.82, 2.24) is 9.88 Å². The first-order valence-corrected chi connectivity index (χ1v) is 9.78. The second kappa shape index (κ2) is 7.89. The number of likely N-dealkylation sites (tertiary alicyclic amines) is 1. The van der Waals surface area contributed by atoms with Crippen LogP contribution in [0.4, 0.5) is 13.2 Å². The van der Waals surface area contributed by atoms with E-state index >= 15 is 0 Å². The normalized spacial score (nSPS) is 20.7. The van der Waals surface area contributed by atoms with Crippen molar-refractivity contribution in [1.29, 1.82) is 0 Å². The highest BCUT2D eigenvalue weighted by Crippen LogP contribution is 2.45. The monoisotopic (exact) mass is 400 g/mol. The minimum atomic E-state index is -4.49. The summed E-state index contributed by atoms with van der Waals surface area (Å²) in [6.07, 6.45) is -0.823. The quantitative estimate of drug-likeness (QED) is 0.821. The van der Waals surface area contributed by atoms with Crippen LogP contribution in [0.1, 0.15) is 50.3 Å². The number of nitrogens with zero attached hydrogens (tertiary/aromatic N) is 2. The minimum absolute atomic E-state index is 0.0118. The molecule has 1 spiro atoms. The summed E-state index contributed by atoms with van der Waals surface area (Å²) >= 11 is 0. The van der Waals surface area contributed by atoms with Gasteiger partial charge >= 0.3 is 6.18 Å². The Kier molecular flexibility index (Phi) is 5.89. The van der Waals surface area contributed by atoms with Crippen LogP contribution in [0.5, 0.6) is 5.88 Å². The predicted octanol–water partition coefficient (Wildman–Crippen LogP) is 3.58. The third-order valence-electron chi connectivity index (χ3n) is 6.04. The molecule has 2 aliphatic rings. The van der Waals surface area contributed by atoms with Crippen molar-refractivity contribution >= 4 is 5.91 Å². The van der Waals surface area contributed by atoms with Crippen LogP contribution in [0.15, 0.2) is 12.1 Å². The van der Waals surface area contributed by atoms with Crippen LogP contribution in [0, 0.1) is 18.3 Å². The molecule has 1 saturated carbocycles. The molecule has 1 saturated heterocycles. The fraction of sp³-hybridized carbons (Fsp3) is 0.700. The summed E-state index contributed by atoms with van der Waals surface area (Å²) in [7, 11) is 0. The number of aryl methyl sites for hydroxylation is 1. The van der Waals surface area contributed by atoms with Crippen LogP contribution >= 0.6 is 0 Å². The molecule has 1 aromatic heterocycles. The highest BCUT2D eigenvalue weighted by molar-refractivity contribution is 5.80. The minimum Gasteiger partial charge on any atom is -0.474 e. The summed E-state index contributed by atoms with van der Waals surface area (Å²) < 4.78 is 44.4. The number of hydrogen-bond acceptors (Lipinski definition) is 4. The number of ether oxygens (including phenoxy) is 1. The van der Waals surface area contributed by atoms with Gasteiger partial charge in [-0.2, -0.15) is 13.2 Å². The van der Waals surface area contributed by atoms with Gasteiger partial charge in [0.25, 0.3) is 0 Å². The number of carbonyl (C=O) groups excluding carboxylic acids is 1. The molecule has 0 bridgehead atoms. The number of carbonyl (C=O) groups is 1. The van der Waals surface area contributed by atoms with Gasteiger partial charge in [0, 0.05) is 24.1 Å². The molecule has 2 heterocycles. The number of aliphatic hydroxyl groups excluding tert-OH is 1. The van der Waals surface area contributed by atoms with Gasteiger partial charge in [-0.05, 0) is 45.1 Å². The lowest BCUT2D eigenvalue weighted by atomic mass is 9.67. The van der Waals surface area contributed by atoms with Crippen molar-refractivity contribution in [2.24, 2.45) is 11.3 Å². The first kappa shape index (κ1) is 20.9. The second-order valence-corrected chi connectivity index (χ2v) is 8.12. The van der Waals surface area contributed by atoms with Gasteiger partial charge in [-0.15, -0.1) is 0 Å². The van der Waals surface area contributed by atoms with Gasteiger partial charge in [0.05, 0.1) is 12.5 Å². The lowest BCUT2D eigenvalue weighted by molar-refractivity contribution is -0.153. The van der Waals surface area contributed by atoms with E-state index in [2.05, 4.69) is 4.98 Å². The highest BCUT2D eigenvalue weighted by Gasteiger charge is 2.48. The Morgan fingerprint density at radius 2 is 2.00 bits per heavy atom. The molecule has 2 fully saturated rings. The first-order valence-electron chi connectivity index (χ1n) is 9.78. The van der Waals surface area contributed by atoms with Gasteiger partial charge < -0.3 is 14.7 Å². The van der Waals surface area contributed by atoms with Gasteiger partial charge in [0.2, 0.25) is 11.8 Å². The summed E-state index contributed by atoms with van der Waals surface area (Å²) in [4.78, 5) is 17.8. The number of aromatic nitrogens is 1. The summed E-state index contributed by atoms with van der Waals surface area (Å²) in [6, 6.07) is 2.35. The Morgan fingerprint density at radius 3 is 2.54 bits per heavy atom. The van der Waals surface area contributed by atoms with Crippen molar-refractivity contribution in [3.8, 4) is 5.88 Å². The van der Waals surface area contributed by atoms with Crippen LogP contribution in [0.25, 0.3) is 0 Å². The van der Waals surface area contributed by atoms with Crippen molar-refractivity contribution in [2.75, 3.05) is 19.7 Å². The van der Waals surface area contributed by atoms with Crippen LogP contribution in [0.2, 0.25) is 0 Å². The van der Waals surface area contributed by atoms with Gasteiger partial charge in [-0.1, -0.05) is 13.0 Å². The van der Waals surface area contributed by atoms with E-state index in [1.165, 1.54) is 6.07 Å². The molecule has 8 heteroatoms.